The lowest BCUT2D eigenvalue weighted by Gasteiger charge is -2.23. The summed E-state index contributed by atoms with van der Waals surface area (Å²) >= 11 is 0. The lowest BCUT2D eigenvalue weighted by molar-refractivity contribution is -0.00461. The van der Waals surface area contributed by atoms with E-state index in [9.17, 15) is 0 Å². The number of hydrogen-bond acceptors (Lipinski definition) is 8. The SMILES string of the molecule is Cc1cc(N2C[C@@H]3OCC(Nc4ccccn4)CO[C@H]3C2)c2cc3c(cc2n1)OCO3. The summed E-state index contributed by atoms with van der Waals surface area (Å²) in [5.41, 5.74) is 3.01. The predicted octanol–water partition coefficient (Wildman–Crippen LogP) is 2.75. The van der Waals surface area contributed by atoms with Crippen molar-refractivity contribution in [1.82, 2.24) is 9.97 Å². The zero-order chi connectivity index (χ0) is 20.8. The number of aryl methyl sites for hydroxylation is 1. The first-order valence-electron chi connectivity index (χ1n) is 10.6. The Balaban J connectivity index is 1.21. The second kappa shape index (κ2) is 7.55. The number of hydrogen-bond donors (Lipinski definition) is 1. The van der Waals surface area contributed by atoms with Crippen LogP contribution in [0, 0.1) is 6.92 Å². The Bertz CT molecular complexity index is 1090. The highest BCUT2D eigenvalue weighted by Crippen LogP contribution is 2.40. The Morgan fingerprint density at radius 3 is 2.52 bits per heavy atom. The minimum Gasteiger partial charge on any atom is -0.454 e. The number of nitrogens with one attached hydrogen (secondary N) is 1. The van der Waals surface area contributed by atoms with Crippen molar-refractivity contribution in [3.63, 3.8) is 0 Å². The molecule has 0 radical (unpaired) electrons. The second-order valence-electron chi connectivity index (χ2n) is 8.21. The van der Waals surface area contributed by atoms with Gasteiger partial charge in [0.2, 0.25) is 6.79 Å². The minimum atomic E-state index is 0.0214. The van der Waals surface area contributed by atoms with Crippen LogP contribution < -0.4 is 19.7 Å². The molecule has 2 fully saturated rings. The molecule has 0 unspecified atom stereocenters. The number of fused-ring (bicyclic) bond motifs is 3. The van der Waals surface area contributed by atoms with E-state index in [2.05, 4.69) is 21.3 Å². The van der Waals surface area contributed by atoms with E-state index in [1.165, 1.54) is 0 Å². The lowest BCUT2D eigenvalue weighted by atomic mass is 10.1. The number of aromatic nitrogens is 2. The van der Waals surface area contributed by atoms with E-state index in [0.29, 0.717) is 13.2 Å². The first-order valence-corrected chi connectivity index (χ1v) is 10.6. The molecule has 8 nitrogen and oxygen atoms in total. The molecule has 0 amide bonds. The van der Waals surface area contributed by atoms with Gasteiger partial charge in [-0.2, -0.15) is 0 Å². The van der Waals surface area contributed by atoms with Crippen LogP contribution in [0.25, 0.3) is 10.9 Å². The maximum Gasteiger partial charge on any atom is 0.231 e. The highest BCUT2D eigenvalue weighted by molar-refractivity contribution is 5.94. The molecule has 0 aliphatic carbocycles. The first kappa shape index (κ1) is 18.7. The van der Waals surface area contributed by atoms with Crippen LogP contribution >= 0.6 is 0 Å². The van der Waals surface area contributed by atoms with Crippen LogP contribution in [0.4, 0.5) is 11.5 Å². The van der Waals surface area contributed by atoms with E-state index < -0.39 is 0 Å². The molecule has 8 heteroatoms. The Morgan fingerprint density at radius 1 is 1.00 bits per heavy atom. The molecule has 0 bridgehead atoms. The number of ether oxygens (including phenoxy) is 4. The van der Waals surface area contributed by atoms with E-state index in [1.54, 1.807) is 6.20 Å². The van der Waals surface area contributed by atoms with Gasteiger partial charge in [-0.3, -0.25) is 4.98 Å². The van der Waals surface area contributed by atoms with Crippen LogP contribution in [0.2, 0.25) is 0 Å². The molecule has 0 saturated carbocycles. The molecule has 3 aromatic rings. The van der Waals surface area contributed by atoms with Crippen molar-refractivity contribution in [3.8, 4) is 11.5 Å². The van der Waals surface area contributed by atoms with Crippen molar-refractivity contribution in [1.29, 1.82) is 0 Å². The van der Waals surface area contributed by atoms with Gasteiger partial charge in [0, 0.05) is 42.1 Å². The molecule has 31 heavy (non-hydrogen) atoms. The Labute approximate surface area is 180 Å². The standard InChI is InChI=1S/C23H24N4O4/c1-14-6-18(16-7-19-20(31-13-30-19)8-17(16)25-14)27-9-21-22(10-27)29-12-15(11-28-21)26-23-4-2-3-5-24-23/h2-8,15,21-22H,9-13H2,1H3,(H,24,26)/t21-,22-/m0/s1. The van der Waals surface area contributed by atoms with Gasteiger partial charge in [0.15, 0.2) is 11.5 Å². The monoisotopic (exact) mass is 420 g/mol. The maximum atomic E-state index is 6.26. The molecular weight excluding hydrogens is 396 g/mol. The molecule has 2 saturated heterocycles. The number of benzene rings is 1. The Kier molecular flexibility index (Phi) is 4.54. The molecule has 1 aromatic carbocycles. The molecule has 5 heterocycles. The third-order valence-corrected chi connectivity index (χ3v) is 6.01. The summed E-state index contributed by atoms with van der Waals surface area (Å²) in [5.74, 6) is 2.36. The van der Waals surface area contributed by atoms with E-state index in [-0.39, 0.29) is 25.0 Å². The van der Waals surface area contributed by atoms with Gasteiger partial charge in [0.05, 0.1) is 24.8 Å². The second-order valence-corrected chi connectivity index (χ2v) is 8.21. The minimum absolute atomic E-state index is 0.0214. The van der Waals surface area contributed by atoms with E-state index in [1.807, 2.05) is 37.3 Å². The summed E-state index contributed by atoms with van der Waals surface area (Å²) in [6.45, 7) is 4.98. The van der Waals surface area contributed by atoms with E-state index in [0.717, 1.165) is 52.7 Å². The number of pyridine rings is 2. The summed E-state index contributed by atoms with van der Waals surface area (Å²) in [6, 6.07) is 12.0. The average Bonchev–Trinajstić information content (AvgIpc) is 3.36. The molecule has 160 valence electrons. The number of rotatable bonds is 3. The normalized spacial score (nSPS) is 23.1. The quantitative estimate of drug-likeness (QED) is 0.693. The van der Waals surface area contributed by atoms with Crippen molar-refractivity contribution in [2.45, 2.75) is 25.2 Å². The smallest absolute Gasteiger partial charge is 0.231 e. The highest BCUT2D eigenvalue weighted by atomic mass is 16.7. The van der Waals surface area contributed by atoms with Crippen molar-refractivity contribution in [3.05, 3.63) is 48.3 Å². The summed E-state index contributed by atoms with van der Waals surface area (Å²) in [4.78, 5) is 11.4. The lowest BCUT2D eigenvalue weighted by Crippen LogP contribution is -2.31. The molecule has 2 aromatic heterocycles. The molecule has 2 atom stereocenters. The van der Waals surface area contributed by atoms with E-state index >= 15 is 0 Å². The van der Waals surface area contributed by atoms with Gasteiger partial charge in [-0.25, -0.2) is 4.98 Å². The largest absolute Gasteiger partial charge is 0.454 e. The summed E-state index contributed by atoms with van der Waals surface area (Å²) in [5, 5.41) is 4.46. The zero-order valence-corrected chi connectivity index (χ0v) is 17.3. The van der Waals surface area contributed by atoms with Crippen molar-refractivity contribution in [2.24, 2.45) is 0 Å². The fourth-order valence-electron chi connectivity index (χ4n) is 4.52. The van der Waals surface area contributed by atoms with Crippen LogP contribution in [0.3, 0.4) is 0 Å². The topological polar surface area (TPSA) is 78.0 Å². The van der Waals surface area contributed by atoms with Crippen molar-refractivity contribution in [2.75, 3.05) is 43.3 Å². The van der Waals surface area contributed by atoms with Crippen LogP contribution in [0.15, 0.2) is 42.6 Å². The zero-order valence-electron chi connectivity index (χ0n) is 17.3. The molecule has 3 aliphatic rings. The Hall–Kier alpha value is -3.10. The van der Waals surface area contributed by atoms with Crippen LogP contribution in [0.5, 0.6) is 11.5 Å². The average molecular weight is 420 g/mol. The third-order valence-electron chi connectivity index (χ3n) is 6.01. The summed E-state index contributed by atoms with van der Waals surface area (Å²) in [7, 11) is 0. The first-order chi connectivity index (χ1) is 15.2. The molecule has 0 spiro atoms. The summed E-state index contributed by atoms with van der Waals surface area (Å²) in [6.07, 6.45) is 1.82. The van der Waals surface area contributed by atoms with Gasteiger partial charge >= 0.3 is 0 Å². The predicted molar refractivity (Wildman–Crippen MR) is 116 cm³/mol. The summed E-state index contributed by atoms with van der Waals surface area (Å²) < 4.78 is 23.7. The van der Waals surface area contributed by atoms with Gasteiger partial charge in [-0.15, -0.1) is 0 Å². The van der Waals surface area contributed by atoms with Gasteiger partial charge < -0.3 is 29.2 Å². The van der Waals surface area contributed by atoms with Crippen molar-refractivity contribution >= 4 is 22.4 Å². The van der Waals surface area contributed by atoms with Crippen LogP contribution in [0.1, 0.15) is 5.69 Å². The van der Waals surface area contributed by atoms with Gasteiger partial charge in [0.25, 0.3) is 0 Å². The van der Waals surface area contributed by atoms with E-state index in [4.69, 9.17) is 23.9 Å². The molecular formula is C23H24N4O4. The van der Waals surface area contributed by atoms with Gasteiger partial charge in [0.1, 0.15) is 18.0 Å². The maximum absolute atomic E-state index is 6.26. The number of nitrogens with zero attached hydrogens (tertiary/aromatic N) is 3. The van der Waals surface area contributed by atoms with Gasteiger partial charge in [-0.05, 0) is 31.2 Å². The molecule has 1 N–H and O–H groups in total. The highest BCUT2D eigenvalue weighted by Gasteiger charge is 2.38. The van der Waals surface area contributed by atoms with Gasteiger partial charge in [-0.1, -0.05) is 6.07 Å². The molecule has 3 aliphatic heterocycles. The van der Waals surface area contributed by atoms with Crippen molar-refractivity contribution < 1.29 is 18.9 Å². The molecule has 6 rings (SSSR count). The van der Waals surface area contributed by atoms with Crippen LogP contribution in [-0.2, 0) is 9.47 Å². The van der Waals surface area contributed by atoms with Crippen LogP contribution in [-0.4, -0.2) is 61.3 Å². The fraction of sp³-hybridized carbons (Fsp3) is 0.391. The fourth-order valence-corrected chi connectivity index (χ4v) is 4.52. The number of anilines is 2. The third kappa shape index (κ3) is 3.51. The Morgan fingerprint density at radius 2 is 1.77 bits per heavy atom.